The molecule has 21 heavy (non-hydrogen) atoms. The molecule has 0 spiro atoms. The molecule has 1 atom stereocenters. The van der Waals surface area contributed by atoms with Crippen LogP contribution in [0.1, 0.15) is 26.5 Å². The monoisotopic (exact) mass is 322 g/mol. The van der Waals surface area contributed by atoms with Crippen molar-refractivity contribution >= 4 is 34.9 Å². The Morgan fingerprint density at radius 2 is 2.33 bits per heavy atom. The third kappa shape index (κ3) is 2.78. The van der Waals surface area contributed by atoms with Gasteiger partial charge < -0.3 is 9.55 Å². The number of rotatable bonds is 2. The molecule has 0 saturated heterocycles. The van der Waals surface area contributed by atoms with E-state index >= 15 is 0 Å². The molecule has 0 bridgehead atoms. The second-order valence-electron chi connectivity index (χ2n) is 5.89. The maximum Gasteiger partial charge on any atom is 0.178 e. The zero-order valence-electron chi connectivity index (χ0n) is 12.5. The van der Waals surface area contributed by atoms with E-state index in [9.17, 15) is 0 Å². The Bertz CT molecular complexity index is 770. The van der Waals surface area contributed by atoms with E-state index in [1.807, 2.05) is 6.07 Å². The van der Waals surface area contributed by atoms with E-state index in [1.165, 1.54) is 5.57 Å². The van der Waals surface area contributed by atoms with Gasteiger partial charge in [-0.05, 0) is 33.0 Å². The highest BCUT2D eigenvalue weighted by Gasteiger charge is 2.23. The molecule has 3 heterocycles. The predicted molar refractivity (Wildman–Crippen MR) is 89.2 cm³/mol. The van der Waals surface area contributed by atoms with Crippen molar-refractivity contribution in [1.29, 1.82) is 0 Å². The van der Waals surface area contributed by atoms with Crippen LogP contribution in [-0.2, 0) is 13.1 Å². The molecule has 4 nitrogen and oxygen atoms in total. The lowest BCUT2D eigenvalue weighted by Gasteiger charge is -2.25. The van der Waals surface area contributed by atoms with Gasteiger partial charge in [-0.15, -0.1) is 0 Å². The first-order valence-electron chi connectivity index (χ1n) is 7.11. The van der Waals surface area contributed by atoms with E-state index in [1.54, 1.807) is 0 Å². The van der Waals surface area contributed by atoms with Crippen LogP contribution in [0.4, 0.5) is 0 Å². The van der Waals surface area contributed by atoms with Crippen molar-refractivity contribution in [2.75, 3.05) is 6.54 Å². The second kappa shape index (κ2) is 5.55. The number of hydrogen-bond acceptors (Lipinski definition) is 3. The van der Waals surface area contributed by atoms with Gasteiger partial charge in [0.25, 0.3) is 0 Å². The molecule has 0 saturated carbocycles. The third-order valence-corrected chi connectivity index (χ3v) is 4.46. The topological polar surface area (TPSA) is 36.9 Å². The molecular weight excluding hydrogens is 304 g/mol. The fourth-order valence-corrected chi connectivity index (χ4v) is 3.28. The van der Waals surface area contributed by atoms with E-state index in [0.717, 1.165) is 41.1 Å². The van der Waals surface area contributed by atoms with Crippen molar-refractivity contribution in [2.45, 2.75) is 39.9 Å². The molecule has 2 aromatic heterocycles. The minimum Gasteiger partial charge on any atom is -0.330 e. The summed E-state index contributed by atoms with van der Waals surface area (Å²) in [4.78, 5) is 10.2. The molecule has 0 aromatic carbocycles. The Labute approximate surface area is 134 Å². The summed E-state index contributed by atoms with van der Waals surface area (Å²) in [6, 6.07) is 2.24. The maximum absolute atomic E-state index is 6.15. The van der Waals surface area contributed by atoms with E-state index in [4.69, 9.17) is 23.8 Å². The van der Waals surface area contributed by atoms with Gasteiger partial charge in [-0.3, -0.25) is 4.90 Å². The molecule has 0 amide bonds. The predicted octanol–water partition coefficient (Wildman–Crippen LogP) is 3.92. The van der Waals surface area contributed by atoms with Crippen molar-refractivity contribution in [1.82, 2.24) is 19.4 Å². The summed E-state index contributed by atoms with van der Waals surface area (Å²) in [6.07, 6.45) is 2.25. The highest BCUT2D eigenvalue weighted by molar-refractivity contribution is 7.71. The third-order valence-electron chi connectivity index (χ3n) is 3.95. The Hall–Kier alpha value is -1.17. The van der Waals surface area contributed by atoms with Gasteiger partial charge in [-0.25, -0.2) is 4.98 Å². The number of pyridine rings is 1. The van der Waals surface area contributed by atoms with Crippen LogP contribution in [0.5, 0.6) is 0 Å². The quantitative estimate of drug-likeness (QED) is 0.517. The summed E-state index contributed by atoms with van der Waals surface area (Å²) < 4.78 is 2.89. The summed E-state index contributed by atoms with van der Waals surface area (Å²) in [5, 5.41) is 0.512. The van der Waals surface area contributed by atoms with Crippen LogP contribution in [0.15, 0.2) is 17.7 Å². The first-order valence-corrected chi connectivity index (χ1v) is 7.89. The lowest BCUT2D eigenvalue weighted by atomic mass is 10.2. The Morgan fingerprint density at radius 1 is 1.57 bits per heavy atom. The van der Waals surface area contributed by atoms with Gasteiger partial charge in [0.15, 0.2) is 4.77 Å². The van der Waals surface area contributed by atoms with Crippen molar-refractivity contribution < 1.29 is 0 Å². The number of aromatic nitrogens is 3. The number of nitrogens with one attached hydrogen (secondary N) is 1. The molecule has 1 N–H and O–H groups in total. The van der Waals surface area contributed by atoms with Gasteiger partial charge in [-0.2, -0.15) is 0 Å². The van der Waals surface area contributed by atoms with Crippen molar-refractivity contribution in [3.63, 3.8) is 0 Å². The molecular formula is C15H19ClN4S. The van der Waals surface area contributed by atoms with Gasteiger partial charge in [-0.1, -0.05) is 23.3 Å². The average Bonchev–Trinajstić information content (AvgIpc) is 2.61. The molecule has 6 heteroatoms. The van der Waals surface area contributed by atoms with Gasteiger partial charge in [0, 0.05) is 31.7 Å². The SMILES string of the molecule is CC(C)=CCN1Cc2nc(Cl)cc3[nH]c(=S)n(c23)C[C@@H]1C. The van der Waals surface area contributed by atoms with E-state index < -0.39 is 0 Å². The highest BCUT2D eigenvalue weighted by Crippen LogP contribution is 2.26. The van der Waals surface area contributed by atoms with Crippen LogP contribution in [0.25, 0.3) is 11.0 Å². The normalized spacial score (nSPS) is 18.8. The Morgan fingerprint density at radius 3 is 3.05 bits per heavy atom. The van der Waals surface area contributed by atoms with Crippen LogP contribution >= 0.6 is 23.8 Å². The summed E-state index contributed by atoms with van der Waals surface area (Å²) in [5.74, 6) is 0. The first kappa shape index (κ1) is 14.8. The number of nitrogens with zero attached hydrogens (tertiary/aromatic N) is 3. The van der Waals surface area contributed by atoms with Crippen LogP contribution in [-0.4, -0.2) is 32.0 Å². The number of H-pyrrole nitrogens is 1. The molecule has 0 fully saturated rings. The van der Waals surface area contributed by atoms with Crippen LogP contribution in [0.2, 0.25) is 5.15 Å². The molecule has 112 valence electrons. The van der Waals surface area contributed by atoms with Gasteiger partial charge in [0.2, 0.25) is 0 Å². The maximum atomic E-state index is 6.15. The lowest BCUT2D eigenvalue weighted by Crippen LogP contribution is -2.34. The standard InChI is InChI=1S/C15H19ClN4S/c1-9(2)4-5-19-8-12-14-11(6-13(16)17-12)18-15(21)20(14)7-10(19)3/h4,6,10H,5,7-8H2,1-3H3,(H,18,21)/t10-/m0/s1. The first-order chi connectivity index (χ1) is 9.95. The number of aromatic amines is 1. The lowest BCUT2D eigenvalue weighted by molar-refractivity contribution is 0.208. The number of halogens is 1. The zero-order chi connectivity index (χ0) is 15.1. The summed E-state index contributed by atoms with van der Waals surface area (Å²) >= 11 is 11.6. The zero-order valence-corrected chi connectivity index (χ0v) is 14.1. The van der Waals surface area contributed by atoms with Gasteiger partial charge in [0.05, 0.1) is 16.7 Å². The minimum absolute atomic E-state index is 0.388. The van der Waals surface area contributed by atoms with E-state index in [0.29, 0.717) is 11.2 Å². The van der Waals surface area contributed by atoms with Crippen molar-refractivity contribution in [3.8, 4) is 0 Å². The van der Waals surface area contributed by atoms with Gasteiger partial charge >= 0.3 is 0 Å². The summed E-state index contributed by atoms with van der Waals surface area (Å²) in [6.45, 7) is 9.05. The van der Waals surface area contributed by atoms with Crippen molar-refractivity contribution in [2.24, 2.45) is 0 Å². The molecule has 2 aromatic rings. The minimum atomic E-state index is 0.388. The molecule has 0 radical (unpaired) electrons. The molecule has 3 rings (SSSR count). The molecule has 1 aliphatic heterocycles. The smallest absolute Gasteiger partial charge is 0.178 e. The molecule has 1 aliphatic rings. The largest absolute Gasteiger partial charge is 0.330 e. The Balaban J connectivity index is 2.10. The number of imidazole rings is 1. The number of allylic oxidation sites excluding steroid dienone is 1. The fourth-order valence-electron chi connectivity index (χ4n) is 2.79. The second-order valence-corrected chi connectivity index (χ2v) is 6.66. The van der Waals surface area contributed by atoms with Crippen LogP contribution in [0.3, 0.4) is 0 Å². The van der Waals surface area contributed by atoms with Crippen LogP contribution in [0, 0.1) is 4.77 Å². The van der Waals surface area contributed by atoms with E-state index in [-0.39, 0.29) is 0 Å². The van der Waals surface area contributed by atoms with Crippen molar-refractivity contribution in [3.05, 3.63) is 33.3 Å². The average molecular weight is 323 g/mol. The van der Waals surface area contributed by atoms with Gasteiger partial charge in [0.1, 0.15) is 5.15 Å². The molecule has 0 unspecified atom stereocenters. The summed E-state index contributed by atoms with van der Waals surface area (Å²) in [7, 11) is 0. The fraction of sp³-hybridized carbons (Fsp3) is 0.467. The number of hydrogen-bond donors (Lipinski definition) is 1. The van der Waals surface area contributed by atoms with E-state index in [2.05, 4.69) is 46.3 Å². The van der Waals surface area contributed by atoms with Crippen LogP contribution < -0.4 is 0 Å². The highest BCUT2D eigenvalue weighted by atomic mass is 35.5. The molecule has 0 aliphatic carbocycles. The Kier molecular flexibility index (Phi) is 3.90. The summed E-state index contributed by atoms with van der Waals surface area (Å²) in [5.41, 5.74) is 4.39.